The largest absolute Gasteiger partial charge is 0.355 e. The fourth-order valence-corrected chi connectivity index (χ4v) is 3.36. The van der Waals surface area contributed by atoms with Crippen molar-refractivity contribution < 1.29 is 14.4 Å². The van der Waals surface area contributed by atoms with Crippen molar-refractivity contribution in [3.05, 3.63) is 35.9 Å². The summed E-state index contributed by atoms with van der Waals surface area (Å²) < 4.78 is 0. The topological polar surface area (TPSA) is 78.5 Å². The quantitative estimate of drug-likeness (QED) is 0.498. The van der Waals surface area contributed by atoms with Crippen LogP contribution in [0.5, 0.6) is 0 Å². The summed E-state index contributed by atoms with van der Waals surface area (Å²) in [6.07, 6.45) is 5.47. The molecule has 1 fully saturated rings. The van der Waals surface area contributed by atoms with E-state index in [-0.39, 0.29) is 18.4 Å². The molecule has 0 aromatic heterocycles. The molecule has 1 aromatic carbocycles. The monoisotopic (exact) mass is 359 g/mol. The number of nitrogens with zero attached hydrogens (tertiary/aromatic N) is 1. The van der Waals surface area contributed by atoms with Gasteiger partial charge in [-0.2, -0.15) is 0 Å². The van der Waals surface area contributed by atoms with Crippen LogP contribution in [0.1, 0.15) is 57.9 Å². The van der Waals surface area contributed by atoms with Gasteiger partial charge in [0, 0.05) is 6.54 Å². The maximum atomic E-state index is 13.0. The highest BCUT2D eigenvalue weighted by atomic mass is 16.2. The molecule has 0 radical (unpaired) electrons. The Morgan fingerprint density at radius 2 is 1.81 bits per heavy atom. The van der Waals surface area contributed by atoms with Crippen LogP contribution in [0.25, 0.3) is 0 Å². The first kappa shape index (κ1) is 19.9. The van der Waals surface area contributed by atoms with Gasteiger partial charge in [-0.3, -0.25) is 14.5 Å². The van der Waals surface area contributed by atoms with E-state index in [1.165, 1.54) is 0 Å². The molecular formula is C20H29N3O3. The number of carbonyl (C=O) groups is 3. The normalized spacial score (nSPS) is 19.5. The summed E-state index contributed by atoms with van der Waals surface area (Å²) in [5.41, 5.74) is -0.322. The first-order valence-electron chi connectivity index (χ1n) is 9.51. The maximum absolute atomic E-state index is 13.0. The van der Waals surface area contributed by atoms with Crippen molar-refractivity contribution in [3.8, 4) is 0 Å². The molecule has 1 heterocycles. The Morgan fingerprint density at radius 1 is 1.08 bits per heavy atom. The summed E-state index contributed by atoms with van der Waals surface area (Å²) in [5, 5.41) is 5.63. The lowest BCUT2D eigenvalue weighted by atomic mass is 9.85. The summed E-state index contributed by atoms with van der Waals surface area (Å²) in [5.74, 6) is -0.651. The molecule has 1 aliphatic heterocycles. The van der Waals surface area contributed by atoms with Crippen LogP contribution in [0.3, 0.4) is 0 Å². The lowest BCUT2D eigenvalue weighted by Crippen LogP contribution is -2.45. The number of hydrogen-bond donors (Lipinski definition) is 2. The molecule has 0 saturated carbocycles. The van der Waals surface area contributed by atoms with E-state index >= 15 is 0 Å². The first-order chi connectivity index (χ1) is 12.5. The Kier molecular flexibility index (Phi) is 7.18. The van der Waals surface area contributed by atoms with Gasteiger partial charge in [-0.25, -0.2) is 4.79 Å². The van der Waals surface area contributed by atoms with Crippen LogP contribution in [0.15, 0.2) is 30.3 Å². The summed E-state index contributed by atoms with van der Waals surface area (Å²) in [6.45, 7) is 4.43. The molecule has 6 heteroatoms. The van der Waals surface area contributed by atoms with Gasteiger partial charge in [0.05, 0.1) is 0 Å². The Hall–Kier alpha value is -2.37. The minimum Gasteiger partial charge on any atom is -0.355 e. The van der Waals surface area contributed by atoms with E-state index in [1.54, 1.807) is 0 Å². The third kappa shape index (κ3) is 4.42. The number of benzene rings is 1. The molecule has 2 rings (SSSR count). The van der Waals surface area contributed by atoms with Crippen LogP contribution in [-0.4, -0.2) is 35.8 Å². The average Bonchev–Trinajstić information content (AvgIpc) is 2.88. The van der Waals surface area contributed by atoms with Crippen molar-refractivity contribution in [2.45, 2.75) is 57.9 Å². The summed E-state index contributed by atoms with van der Waals surface area (Å²) in [4.78, 5) is 38.6. The second kappa shape index (κ2) is 9.36. The standard InChI is InChI=1S/C20H29N3O3/c1-3-5-6-10-14-21-17(24)15-23-18(25)20(13-4-2,22-19(23)26)16-11-8-7-9-12-16/h7-9,11-12H,3-6,10,13-15H2,1-2H3,(H,21,24)(H,22,26)/t20-/m0/s1. The number of carbonyl (C=O) groups excluding carboxylic acids is 3. The van der Waals surface area contributed by atoms with Gasteiger partial charge >= 0.3 is 6.03 Å². The van der Waals surface area contributed by atoms with Crippen LogP contribution in [0, 0.1) is 0 Å². The number of rotatable bonds is 10. The molecule has 4 amide bonds. The second-order valence-electron chi connectivity index (χ2n) is 6.75. The molecule has 26 heavy (non-hydrogen) atoms. The fraction of sp³-hybridized carbons (Fsp3) is 0.550. The Labute approximate surface area is 155 Å². The van der Waals surface area contributed by atoms with Crippen molar-refractivity contribution in [1.82, 2.24) is 15.5 Å². The molecule has 142 valence electrons. The van der Waals surface area contributed by atoms with E-state index in [2.05, 4.69) is 17.6 Å². The van der Waals surface area contributed by atoms with Crippen molar-refractivity contribution in [2.24, 2.45) is 0 Å². The molecule has 0 spiro atoms. The van der Waals surface area contributed by atoms with Gasteiger partial charge in [-0.15, -0.1) is 0 Å². The predicted octanol–water partition coefficient (Wildman–Crippen LogP) is 2.93. The zero-order valence-corrected chi connectivity index (χ0v) is 15.7. The highest BCUT2D eigenvalue weighted by Crippen LogP contribution is 2.33. The molecule has 0 unspecified atom stereocenters. The predicted molar refractivity (Wildman–Crippen MR) is 100 cm³/mol. The zero-order valence-electron chi connectivity index (χ0n) is 15.7. The molecule has 1 saturated heterocycles. The van der Waals surface area contributed by atoms with E-state index in [0.29, 0.717) is 13.0 Å². The molecule has 1 aromatic rings. The number of amides is 4. The number of hydrogen-bond acceptors (Lipinski definition) is 3. The van der Waals surface area contributed by atoms with Gasteiger partial charge in [0.1, 0.15) is 12.1 Å². The van der Waals surface area contributed by atoms with Crippen molar-refractivity contribution in [3.63, 3.8) is 0 Å². The van der Waals surface area contributed by atoms with Gasteiger partial charge in [0.15, 0.2) is 0 Å². The highest BCUT2D eigenvalue weighted by Gasteiger charge is 2.52. The first-order valence-corrected chi connectivity index (χ1v) is 9.51. The van der Waals surface area contributed by atoms with Gasteiger partial charge in [0.25, 0.3) is 5.91 Å². The minimum absolute atomic E-state index is 0.239. The SMILES string of the molecule is CCCCCCNC(=O)CN1C(=O)N[C@@](CCC)(c2ccccc2)C1=O. The van der Waals surface area contributed by atoms with Crippen LogP contribution in [-0.2, 0) is 15.1 Å². The molecule has 1 atom stereocenters. The Balaban J connectivity index is 2.03. The van der Waals surface area contributed by atoms with Crippen LogP contribution >= 0.6 is 0 Å². The van der Waals surface area contributed by atoms with Crippen molar-refractivity contribution in [1.29, 1.82) is 0 Å². The molecule has 0 aliphatic carbocycles. The number of imide groups is 1. The third-order valence-electron chi connectivity index (χ3n) is 4.72. The summed E-state index contributed by atoms with van der Waals surface area (Å²) in [7, 11) is 0. The van der Waals surface area contributed by atoms with E-state index in [9.17, 15) is 14.4 Å². The summed E-state index contributed by atoms with van der Waals surface area (Å²) >= 11 is 0. The third-order valence-corrected chi connectivity index (χ3v) is 4.72. The summed E-state index contributed by atoms with van der Waals surface area (Å²) in [6, 6.07) is 8.73. The highest BCUT2D eigenvalue weighted by molar-refractivity contribution is 6.09. The number of nitrogens with one attached hydrogen (secondary N) is 2. The Bertz CT molecular complexity index is 632. The van der Waals surface area contributed by atoms with Gasteiger partial charge in [-0.1, -0.05) is 69.9 Å². The van der Waals surface area contributed by atoms with Gasteiger partial charge < -0.3 is 10.6 Å². The molecular weight excluding hydrogens is 330 g/mol. The Morgan fingerprint density at radius 3 is 2.46 bits per heavy atom. The van der Waals surface area contributed by atoms with Crippen molar-refractivity contribution >= 4 is 17.8 Å². The van der Waals surface area contributed by atoms with Crippen LogP contribution < -0.4 is 10.6 Å². The van der Waals surface area contributed by atoms with E-state index in [4.69, 9.17) is 0 Å². The lowest BCUT2D eigenvalue weighted by molar-refractivity contribution is -0.135. The fourth-order valence-electron chi connectivity index (χ4n) is 3.36. The number of unbranched alkanes of at least 4 members (excludes halogenated alkanes) is 3. The number of urea groups is 1. The zero-order chi connectivity index (χ0) is 19.0. The maximum Gasteiger partial charge on any atom is 0.325 e. The van der Waals surface area contributed by atoms with Crippen LogP contribution in [0.4, 0.5) is 4.79 Å². The molecule has 0 bridgehead atoms. The minimum atomic E-state index is -1.07. The molecule has 1 aliphatic rings. The van der Waals surface area contributed by atoms with Gasteiger partial charge in [0.2, 0.25) is 5.91 Å². The molecule has 2 N–H and O–H groups in total. The van der Waals surface area contributed by atoms with Gasteiger partial charge in [-0.05, 0) is 18.4 Å². The van der Waals surface area contributed by atoms with Crippen molar-refractivity contribution in [2.75, 3.05) is 13.1 Å². The van der Waals surface area contributed by atoms with Crippen LogP contribution in [0.2, 0.25) is 0 Å². The molecule has 6 nitrogen and oxygen atoms in total. The smallest absolute Gasteiger partial charge is 0.325 e. The van der Waals surface area contributed by atoms with E-state index < -0.39 is 11.6 Å². The van der Waals surface area contributed by atoms with E-state index in [1.807, 2.05) is 37.3 Å². The second-order valence-corrected chi connectivity index (χ2v) is 6.75. The lowest BCUT2D eigenvalue weighted by Gasteiger charge is -2.26. The van der Waals surface area contributed by atoms with E-state index in [0.717, 1.165) is 42.6 Å². The average molecular weight is 359 g/mol.